The molecular formula is C99H64Br6N12. The highest BCUT2D eigenvalue weighted by Crippen LogP contribution is 2.37. The van der Waals surface area contributed by atoms with Crippen LogP contribution in [-0.4, -0.2) is 59.2 Å². The van der Waals surface area contributed by atoms with E-state index in [4.69, 9.17) is 6.85 Å². The Balaban J connectivity index is 0.000000109. The zero-order valence-electron chi connectivity index (χ0n) is 66.7. The van der Waals surface area contributed by atoms with E-state index in [9.17, 15) is 0 Å². The largest absolute Gasteiger partial charge is 0.306 e. The van der Waals surface area contributed by atoms with Crippen molar-refractivity contribution in [3.8, 4) is 89.8 Å². The maximum absolute atomic E-state index is 8.07. The van der Waals surface area contributed by atoms with Crippen molar-refractivity contribution in [2.24, 2.45) is 0 Å². The van der Waals surface area contributed by atoms with E-state index in [1.54, 1.807) is 18.2 Å². The van der Waals surface area contributed by atoms with E-state index in [0.29, 0.717) is 40.3 Å². The molecule has 0 unspecified atom stereocenters. The molecule has 0 saturated heterocycles. The average Bonchev–Trinajstić information content (AvgIpc) is 0.774. The molecule has 21 aromatic rings. The van der Waals surface area contributed by atoms with Crippen LogP contribution in [0.3, 0.4) is 0 Å². The summed E-state index contributed by atoms with van der Waals surface area (Å²) in [5, 5.41) is 7.30. The van der Waals surface area contributed by atoms with Gasteiger partial charge in [-0.3, -0.25) is 0 Å². The van der Waals surface area contributed by atoms with Crippen molar-refractivity contribution >= 4 is 167 Å². The fourth-order valence-corrected chi connectivity index (χ4v) is 15.4. The van der Waals surface area contributed by atoms with Gasteiger partial charge in [0.15, 0.2) is 23.7 Å². The van der Waals surface area contributed by atoms with Crippen LogP contribution < -0.4 is 0 Å². The number of rotatable bonds is 8. The molecule has 12 nitrogen and oxygen atoms in total. The van der Waals surface area contributed by atoms with Gasteiger partial charge in [-0.2, -0.15) is 0 Å². The van der Waals surface area contributed by atoms with Gasteiger partial charge in [0, 0.05) is 77.2 Å². The van der Waals surface area contributed by atoms with Crippen molar-refractivity contribution in [1.29, 1.82) is 0 Å². The Morgan fingerprint density at radius 3 is 1.05 bits per heavy atom. The van der Waals surface area contributed by atoms with Gasteiger partial charge in [0.1, 0.15) is 5.65 Å². The Morgan fingerprint density at radius 2 is 0.564 bits per heavy atom. The molecule has 0 amide bonds. The van der Waals surface area contributed by atoms with E-state index in [2.05, 4.69) is 332 Å². The first kappa shape index (κ1) is 72.3. The van der Waals surface area contributed by atoms with E-state index in [1.165, 1.54) is 33.0 Å². The summed E-state index contributed by atoms with van der Waals surface area (Å²) in [6.07, 6.45) is 4.04. The van der Waals surface area contributed by atoms with Gasteiger partial charge in [0.2, 0.25) is 0 Å². The van der Waals surface area contributed by atoms with Crippen molar-refractivity contribution in [3.63, 3.8) is 0 Å². The molecule has 21 rings (SSSR count). The number of nitrogens with zero attached hydrogens (tertiary/aromatic N) is 12. The van der Waals surface area contributed by atoms with E-state index in [-0.39, 0.29) is 29.7 Å². The summed E-state index contributed by atoms with van der Waals surface area (Å²) in [4.78, 5) is 49.0. The van der Waals surface area contributed by atoms with Gasteiger partial charge in [-0.1, -0.05) is 331 Å². The van der Waals surface area contributed by atoms with Crippen LogP contribution in [0.1, 0.15) is 6.85 Å². The van der Waals surface area contributed by atoms with Crippen molar-refractivity contribution in [2.75, 3.05) is 0 Å². The molecule has 0 aliphatic carbocycles. The Hall–Kier alpha value is -12.4. The van der Waals surface area contributed by atoms with Gasteiger partial charge in [0.25, 0.3) is 0 Å². The standard InChI is InChI=1S/2C20H13BrN2.C18H11BrN2.2C14H9BrN2.C13H9BrN2/c21-20-22-18-12-5-4-11-17(18)19(23-20)16-10-6-9-15(13-16)14-7-2-1-3-8-14;21-20-22-18-9-5-4-8-17(18)19(23-20)16-12-10-15(11-13-16)14-6-2-1-3-7-14;19-18-20-16-11-4-3-9-15(16)17(21-18)14-10-5-7-12-6-1-2-8-13(12)14;2*15-14-16-12-9-5-4-8-11(12)13(17-14)10-6-2-1-3-7-10;14-11-6-4-10(5-7-11)12-9-16-8-2-1-3-13(16)15-12/h2*1-13H;1-11H;2*1-9H;1-9H/i;;;1D,2D,3D,6D,7D;;. The number of hydrogen-bond acceptors (Lipinski definition) is 11. The summed E-state index contributed by atoms with van der Waals surface area (Å²) in [5.41, 5.74) is 20.9. The molecule has 0 aliphatic heterocycles. The number of benzene rings is 14. The van der Waals surface area contributed by atoms with Crippen LogP contribution in [-0.2, 0) is 0 Å². The highest BCUT2D eigenvalue weighted by Gasteiger charge is 2.16. The van der Waals surface area contributed by atoms with E-state index in [1.807, 2.05) is 162 Å². The Morgan fingerprint density at radius 1 is 0.231 bits per heavy atom. The number of pyridine rings is 1. The summed E-state index contributed by atoms with van der Waals surface area (Å²) >= 11 is 20.2. The monoisotopic (exact) mass is 1900 g/mol. The average molecular weight is 1910 g/mol. The molecular weight excluding hydrogens is 1840 g/mol. The zero-order valence-corrected chi connectivity index (χ0v) is 71.2. The quantitative estimate of drug-likeness (QED) is 0.134. The molecule has 0 radical (unpaired) electrons. The third kappa shape index (κ3) is 19.1. The number of para-hydroxylation sites is 5. The third-order valence-corrected chi connectivity index (χ3v) is 21.0. The first-order valence-electron chi connectivity index (χ1n) is 39.3. The Kier molecular flexibility index (Phi) is 23.2. The molecule has 0 atom stereocenters. The zero-order chi connectivity index (χ0) is 84.2. The lowest BCUT2D eigenvalue weighted by Crippen LogP contribution is -1.92. The Bertz CT molecular complexity index is 7310. The Labute approximate surface area is 732 Å². The number of fused-ring (bicyclic) bond motifs is 7. The van der Waals surface area contributed by atoms with Gasteiger partial charge in [-0.05, 0) is 173 Å². The SMILES string of the molecule is Brc1ccc(-c2cn3ccccc3n2)cc1.Brc1nc(-c2ccc(-c3ccccc3)cc2)c2ccccc2n1.Brc1nc(-c2cccc(-c3ccccc3)c2)c2ccccc2n1.Brc1nc(-c2cccc3ccccc23)c2ccccc2n1.Brc1nc(-c2ccccc2)c2ccccc2n1.[2H]c1c([2H])c([2H])c(-c2nc(Br)nc3ccccc23)c([2H])c1[2H]. The van der Waals surface area contributed by atoms with Gasteiger partial charge >= 0.3 is 0 Å². The molecule has 7 aromatic heterocycles. The fourth-order valence-electron chi connectivity index (χ4n) is 13.3. The highest BCUT2D eigenvalue weighted by atomic mass is 79.9. The predicted octanol–water partition coefficient (Wildman–Crippen LogP) is 28.5. The fraction of sp³-hybridized carbons (Fsp3) is 0. The maximum atomic E-state index is 8.07. The van der Waals surface area contributed by atoms with Crippen LogP contribution in [0.5, 0.6) is 0 Å². The molecule has 0 saturated carbocycles. The van der Waals surface area contributed by atoms with Crippen molar-refractivity contribution in [2.45, 2.75) is 0 Å². The summed E-state index contributed by atoms with van der Waals surface area (Å²) < 4.78 is 45.2. The number of aromatic nitrogens is 12. The van der Waals surface area contributed by atoms with Crippen molar-refractivity contribution in [1.82, 2.24) is 59.2 Å². The third-order valence-electron chi connectivity index (χ3n) is 18.7. The van der Waals surface area contributed by atoms with E-state index in [0.717, 1.165) is 110 Å². The molecule has 0 fully saturated rings. The molecule has 0 spiro atoms. The minimum atomic E-state index is -0.420. The normalized spacial score (nSPS) is 11.4. The second-order valence-electron chi connectivity index (χ2n) is 26.2. The van der Waals surface area contributed by atoms with Crippen LogP contribution in [0, 0.1) is 0 Å². The molecule has 7 heterocycles. The topological polar surface area (TPSA) is 146 Å². The highest BCUT2D eigenvalue weighted by molar-refractivity contribution is 9.11. The van der Waals surface area contributed by atoms with E-state index < -0.39 is 6.04 Å². The second kappa shape index (κ2) is 37.5. The second-order valence-corrected chi connectivity index (χ2v) is 30.6. The first-order valence-corrected chi connectivity index (χ1v) is 41.5. The van der Waals surface area contributed by atoms with Crippen LogP contribution in [0.4, 0.5) is 0 Å². The van der Waals surface area contributed by atoms with Gasteiger partial charge in [-0.15, -0.1) is 0 Å². The van der Waals surface area contributed by atoms with E-state index >= 15 is 0 Å². The number of halogens is 6. The molecule has 562 valence electrons. The number of imidazole rings is 1. The molecule has 18 heteroatoms. The van der Waals surface area contributed by atoms with Crippen molar-refractivity contribution < 1.29 is 6.85 Å². The van der Waals surface area contributed by atoms with Crippen LogP contribution in [0.2, 0.25) is 0 Å². The summed E-state index contributed by atoms with van der Waals surface area (Å²) in [5.74, 6) is 0. The van der Waals surface area contributed by atoms with Gasteiger partial charge in [-0.25, -0.2) is 54.8 Å². The maximum Gasteiger partial charge on any atom is 0.197 e. The molecule has 117 heavy (non-hydrogen) atoms. The molecule has 0 bridgehead atoms. The van der Waals surface area contributed by atoms with Crippen molar-refractivity contribution in [3.05, 3.63) is 417 Å². The lowest BCUT2D eigenvalue weighted by molar-refractivity contribution is 1.16. The summed E-state index contributed by atoms with van der Waals surface area (Å²) in [6.45, 7) is 0. The summed E-state index contributed by atoms with van der Waals surface area (Å²) in [7, 11) is 0. The lowest BCUT2D eigenvalue weighted by Gasteiger charge is -2.09. The molecule has 0 aliphatic rings. The van der Waals surface area contributed by atoms with Crippen LogP contribution >= 0.6 is 95.6 Å². The minimum absolute atomic E-state index is 0.0744. The molecule has 14 aromatic carbocycles. The predicted molar refractivity (Wildman–Crippen MR) is 500 cm³/mol. The smallest absolute Gasteiger partial charge is 0.197 e. The van der Waals surface area contributed by atoms with Crippen LogP contribution in [0.25, 0.3) is 161 Å². The first-order chi connectivity index (χ1) is 59.5. The summed E-state index contributed by atoms with van der Waals surface area (Å²) in [6, 6.07) is 114. The number of hydrogen-bond donors (Lipinski definition) is 0. The van der Waals surface area contributed by atoms with Crippen LogP contribution in [0.15, 0.2) is 417 Å². The van der Waals surface area contributed by atoms with Gasteiger partial charge in [0.05, 0.1) is 68.6 Å². The molecule has 0 N–H and O–H groups in total. The lowest BCUT2D eigenvalue weighted by atomic mass is 9.99. The van der Waals surface area contributed by atoms with Gasteiger partial charge < -0.3 is 4.40 Å². The minimum Gasteiger partial charge on any atom is -0.306 e.